The highest BCUT2D eigenvalue weighted by molar-refractivity contribution is 7.99. The molecule has 122 valence electrons. The number of ether oxygens (including phenoxy) is 1. The topological polar surface area (TPSA) is 36.9 Å². The van der Waals surface area contributed by atoms with Gasteiger partial charge in [-0.25, -0.2) is 0 Å². The molecule has 0 radical (unpaired) electrons. The Morgan fingerprint density at radius 1 is 1.41 bits per heavy atom. The van der Waals surface area contributed by atoms with Gasteiger partial charge < -0.3 is 15.0 Å². The average molecular weight is 321 g/mol. The average Bonchev–Trinajstić information content (AvgIpc) is 2.54. The van der Waals surface area contributed by atoms with Crippen molar-refractivity contribution in [2.24, 2.45) is 4.99 Å². The van der Waals surface area contributed by atoms with Crippen molar-refractivity contribution in [3.63, 3.8) is 0 Å². The van der Waals surface area contributed by atoms with Gasteiger partial charge >= 0.3 is 0 Å². The molecule has 1 N–H and O–H groups in total. The van der Waals surface area contributed by atoms with E-state index in [2.05, 4.69) is 47.9 Å². The van der Waals surface area contributed by atoms with Crippen LogP contribution in [0.5, 0.6) is 5.75 Å². The van der Waals surface area contributed by atoms with E-state index in [-0.39, 0.29) is 0 Å². The number of thioether (sulfide) groups is 1. The van der Waals surface area contributed by atoms with Gasteiger partial charge in [0.05, 0.1) is 13.7 Å². The molecule has 0 aliphatic carbocycles. The van der Waals surface area contributed by atoms with E-state index in [1.807, 2.05) is 30.0 Å². The van der Waals surface area contributed by atoms with Gasteiger partial charge in [-0.1, -0.05) is 18.2 Å². The molecule has 0 amide bonds. The van der Waals surface area contributed by atoms with E-state index in [0.717, 1.165) is 42.8 Å². The van der Waals surface area contributed by atoms with Crippen LogP contribution in [0.3, 0.4) is 0 Å². The Labute approximate surface area is 138 Å². The van der Waals surface area contributed by atoms with Crippen molar-refractivity contribution in [1.82, 2.24) is 10.2 Å². The van der Waals surface area contributed by atoms with Crippen molar-refractivity contribution in [2.45, 2.75) is 13.5 Å². The number of aliphatic imine (C=N–C) groups is 1. The lowest BCUT2D eigenvalue weighted by Crippen LogP contribution is -2.38. The molecule has 0 heterocycles. The molecule has 0 fully saturated rings. The molecule has 0 saturated heterocycles. The zero-order chi connectivity index (χ0) is 16.2. The van der Waals surface area contributed by atoms with Gasteiger partial charge in [-0.3, -0.25) is 4.99 Å². The molecule has 0 aromatic heterocycles. The Balaban J connectivity index is 2.56. The summed E-state index contributed by atoms with van der Waals surface area (Å²) in [7, 11) is 3.74. The summed E-state index contributed by atoms with van der Waals surface area (Å²) in [5.74, 6) is 3.81. The van der Waals surface area contributed by atoms with Crippen LogP contribution in [-0.2, 0) is 6.54 Å². The normalized spacial score (nSPS) is 11.1. The highest BCUT2D eigenvalue weighted by Gasteiger charge is 2.06. The first-order valence-electron chi connectivity index (χ1n) is 7.52. The maximum absolute atomic E-state index is 5.19. The molecule has 1 aromatic rings. The third-order valence-electron chi connectivity index (χ3n) is 3.01. The van der Waals surface area contributed by atoms with Crippen molar-refractivity contribution >= 4 is 17.7 Å². The molecule has 0 unspecified atom stereocenters. The van der Waals surface area contributed by atoms with Gasteiger partial charge in [0.15, 0.2) is 5.96 Å². The second-order valence-electron chi connectivity index (χ2n) is 4.80. The minimum absolute atomic E-state index is 0.813. The summed E-state index contributed by atoms with van der Waals surface area (Å²) in [6.45, 7) is 8.31. The van der Waals surface area contributed by atoms with Crippen LogP contribution < -0.4 is 10.1 Å². The number of nitrogens with one attached hydrogen (secondary N) is 1. The smallest absolute Gasteiger partial charge is 0.193 e. The molecule has 0 aliphatic heterocycles. The number of benzene rings is 1. The van der Waals surface area contributed by atoms with E-state index in [0.29, 0.717) is 0 Å². The second kappa shape index (κ2) is 11.0. The fourth-order valence-electron chi connectivity index (χ4n) is 1.93. The number of hydrogen-bond donors (Lipinski definition) is 1. The number of methoxy groups -OCH3 is 1. The van der Waals surface area contributed by atoms with E-state index in [4.69, 9.17) is 4.74 Å². The lowest BCUT2D eigenvalue weighted by atomic mass is 10.2. The molecule has 5 heteroatoms. The molecule has 0 spiro atoms. The molecule has 0 saturated carbocycles. The summed E-state index contributed by atoms with van der Waals surface area (Å²) in [6, 6.07) is 8.13. The number of nitrogens with zero attached hydrogens (tertiary/aromatic N) is 2. The predicted molar refractivity (Wildman–Crippen MR) is 98.0 cm³/mol. The van der Waals surface area contributed by atoms with Gasteiger partial charge in [0.2, 0.25) is 0 Å². The summed E-state index contributed by atoms with van der Waals surface area (Å²) >= 11 is 1.85. The Kier molecular flexibility index (Phi) is 9.23. The van der Waals surface area contributed by atoms with Crippen molar-refractivity contribution < 1.29 is 4.74 Å². The summed E-state index contributed by atoms with van der Waals surface area (Å²) in [6.07, 6.45) is 1.93. The molecule has 4 nitrogen and oxygen atoms in total. The van der Waals surface area contributed by atoms with Crippen molar-refractivity contribution in [1.29, 1.82) is 0 Å². The molecule has 1 aromatic carbocycles. The van der Waals surface area contributed by atoms with Crippen LogP contribution in [0, 0.1) is 0 Å². The largest absolute Gasteiger partial charge is 0.497 e. The highest BCUT2D eigenvalue weighted by atomic mass is 32.2. The zero-order valence-corrected chi connectivity index (χ0v) is 14.7. The third-order valence-corrected chi connectivity index (χ3v) is 3.95. The van der Waals surface area contributed by atoms with Crippen LogP contribution in [-0.4, -0.2) is 49.6 Å². The van der Waals surface area contributed by atoms with Crippen LogP contribution in [0.4, 0.5) is 0 Å². The summed E-state index contributed by atoms with van der Waals surface area (Å²) in [5.41, 5.74) is 1.23. The van der Waals surface area contributed by atoms with Crippen molar-refractivity contribution in [2.75, 3.05) is 38.8 Å². The number of rotatable bonds is 9. The quantitative estimate of drug-likeness (QED) is 0.328. The van der Waals surface area contributed by atoms with Gasteiger partial charge in [-0.15, -0.1) is 6.58 Å². The van der Waals surface area contributed by atoms with E-state index in [9.17, 15) is 0 Å². The van der Waals surface area contributed by atoms with Crippen LogP contribution in [0.15, 0.2) is 41.9 Å². The van der Waals surface area contributed by atoms with Crippen molar-refractivity contribution in [3.8, 4) is 5.75 Å². The summed E-state index contributed by atoms with van der Waals surface area (Å²) in [4.78, 5) is 6.81. The monoisotopic (exact) mass is 321 g/mol. The molecule has 0 bridgehead atoms. The Morgan fingerprint density at radius 2 is 2.14 bits per heavy atom. The van der Waals surface area contributed by atoms with Crippen molar-refractivity contribution in [3.05, 3.63) is 42.5 Å². The predicted octanol–water partition coefficient (Wildman–Crippen LogP) is 3.01. The lowest BCUT2D eigenvalue weighted by molar-refractivity contribution is 0.414. The van der Waals surface area contributed by atoms with Crippen LogP contribution in [0.2, 0.25) is 0 Å². The van der Waals surface area contributed by atoms with E-state index in [1.54, 1.807) is 7.11 Å². The van der Waals surface area contributed by atoms with E-state index < -0.39 is 0 Å². The number of hydrogen-bond acceptors (Lipinski definition) is 3. The fraction of sp³-hybridized carbons (Fsp3) is 0.471. The lowest BCUT2D eigenvalue weighted by Gasteiger charge is -2.22. The first kappa shape index (κ1) is 18.4. The van der Waals surface area contributed by atoms with Gasteiger partial charge in [-0.05, 0) is 24.6 Å². The van der Waals surface area contributed by atoms with E-state index in [1.165, 1.54) is 5.56 Å². The first-order valence-corrected chi connectivity index (χ1v) is 8.67. The van der Waals surface area contributed by atoms with Gasteiger partial charge in [0, 0.05) is 31.6 Å². The minimum Gasteiger partial charge on any atom is -0.497 e. The van der Waals surface area contributed by atoms with Gasteiger partial charge in [0.25, 0.3) is 0 Å². The maximum Gasteiger partial charge on any atom is 0.193 e. The van der Waals surface area contributed by atoms with Gasteiger partial charge in [-0.2, -0.15) is 11.8 Å². The summed E-state index contributed by atoms with van der Waals surface area (Å²) < 4.78 is 5.19. The minimum atomic E-state index is 0.813. The SMILES string of the molecule is C=CCSCCN=C(NCC)N(C)Cc1ccc(OC)cc1. The molecular formula is C17H27N3OS. The van der Waals surface area contributed by atoms with Crippen LogP contribution in [0.25, 0.3) is 0 Å². The highest BCUT2D eigenvalue weighted by Crippen LogP contribution is 2.12. The van der Waals surface area contributed by atoms with Gasteiger partial charge in [0.1, 0.15) is 5.75 Å². The fourth-order valence-corrected chi connectivity index (χ4v) is 2.49. The molecule has 1 rings (SSSR count). The maximum atomic E-state index is 5.19. The Bertz CT molecular complexity index is 459. The second-order valence-corrected chi connectivity index (χ2v) is 5.95. The zero-order valence-electron chi connectivity index (χ0n) is 13.8. The molecule has 0 aliphatic rings. The van der Waals surface area contributed by atoms with Crippen LogP contribution >= 0.6 is 11.8 Å². The standard InChI is InChI=1S/C17H27N3OS/c1-5-12-22-13-11-19-17(18-6-2)20(3)14-15-7-9-16(21-4)10-8-15/h5,7-10H,1,6,11-14H2,2-4H3,(H,18,19). The summed E-state index contributed by atoms with van der Waals surface area (Å²) in [5, 5.41) is 3.34. The van der Waals surface area contributed by atoms with E-state index >= 15 is 0 Å². The number of guanidine groups is 1. The molecular weight excluding hydrogens is 294 g/mol. The molecule has 22 heavy (non-hydrogen) atoms. The Hall–Kier alpha value is -1.62. The molecule has 0 atom stereocenters. The first-order chi connectivity index (χ1) is 10.7. The van der Waals surface area contributed by atoms with Crippen LogP contribution in [0.1, 0.15) is 12.5 Å². The Morgan fingerprint density at radius 3 is 2.73 bits per heavy atom. The third kappa shape index (κ3) is 6.89.